The Hall–Kier alpha value is -3.78. The molecule has 1 fully saturated rings. The fraction of sp³-hybridized carbons (Fsp3) is 0.167. The van der Waals surface area contributed by atoms with E-state index < -0.39 is 23.7 Å². The Morgan fingerprint density at radius 3 is 2.34 bits per heavy atom. The van der Waals surface area contributed by atoms with Crippen molar-refractivity contribution in [1.29, 1.82) is 0 Å². The summed E-state index contributed by atoms with van der Waals surface area (Å²) >= 11 is 0.968. The molecule has 1 aromatic heterocycles. The molecule has 0 radical (unpaired) electrons. The number of anilines is 1. The van der Waals surface area contributed by atoms with Crippen molar-refractivity contribution in [2.45, 2.75) is 19.9 Å². The maximum atomic E-state index is 13.1. The summed E-state index contributed by atoms with van der Waals surface area (Å²) in [5.41, 5.74) is 2.42. The van der Waals surface area contributed by atoms with E-state index in [0.717, 1.165) is 16.9 Å². The van der Waals surface area contributed by atoms with Crippen LogP contribution in [0, 0.1) is 13.8 Å². The van der Waals surface area contributed by atoms with E-state index in [2.05, 4.69) is 4.98 Å². The Balaban J connectivity index is 1.92. The zero-order chi connectivity index (χ0) is 23.0. The molecule has 1 saturated heterocycles. The average molecular weight is 449 g/mol. The fourth-order valence-corrected chi connectivity index (χ4v) is 4.63. The Bertz CT molecular complexity index is 1250. The minimum Gasteiger partial charge on any atom is -0.507 e. The number of methoxy groups -OCH3 is 1. The normalized spacial score (nSPS) is 17.6. The largest absolute Gasteiger partial charge is 0.507 e. The first-order valence-corrected chi connectivity index (χ1v) is 10.6. The van der Waals surface area contributed by atoms with E-state index in [1.807, 2.05) is 25.1 Å². The zero-order valence-electron chi connectivity index (χ0n) is 17.7. The maximum Gasteiger partial charge on any atom is 0.350 e. The second-order valence-electron chi connectivity index (χ2n) is 7.35. The van der Waals surface area contributed by atoms with Gasteiger partial charge in [0.05, 0.1) is 24.4 Å². The van der Waals surface area contributed by atoms with Crippen molar-refractivity contribution >= 4 is 39.9 Å². The number of benzene rings is 2. The van der Waals surface area contributed by atoms with E-state index in [9.17, 15) is 19.5 Å². The molecule has 0 bridgehead atoms. The molecule has 1 aliphatic heterocycles. The number of ether oxygens (including phenoxy) is 1. The summed E-state index contributed by atoms with van der Waals surface area (Å²) in [4.78, 5) is 44.2. The van der Waals surface area contributed by atoms with Crippen LogP contribution in [-0.2, 0) is 14.3 Å². The number of thiazole rings is 1. The number of carbonyl (C=O) groups excluding carboxylic acids is 3. The summed E-state index contributed by atoms with van der Waals surface area (Å²) in [5, 5.41) is 11.3. The van der Waals surface area contributed by atoms with Crippen molar-refractivity contribution in [1.82, 2.24) is 4.98 Å². The zero-order valence-corrected chi connectivity index (χ0v) is 18.5. The fourth-order valence-electron chi connectivity index (χ4n) is 3.61. The van der Waals surface area contributed by atoms with Crippen LogP contribution in [0.1, 0.15) is 38.1 Å². The third-order valence-corrected chi connectivity index (χ3v) is 6.38. The second kappa shape index (κ2) is 8.39. The van der Waals surface area contributed by atoms with Crippen molar-refractivity contribution in [3.8, 4) is 0 Å². The number of aliphatic hydroxyl groups excluding tert-OH is 1. The van der Waals surface area contributed by atoms with E-state index in [-0.39, 0.29) is 21.3 Å². The van der Waals surface area contributed by atoms with Crippen LogP contribution in [0.4, 0.5) is 5.13 Å². The molecule has 3 aromatic rings. The minimum absolute atomic E-state index is 0.0301. The van der Waals surface area contributed by atoms with Crippen LogP contribution in [0.25, 0.3) is 5.76 Å². The van der Waals surface area contributed by atoms with Crippen LogP contribution in [-0.4, -0.2) is 34.9 Å². The summed E-state index contributed by atoms with van der Waals surface area (Å²) in [6.07, 6.45) is 0. The summed E-state index contributed by atoms with van der Waals surface area (Å²) in [6.45, 7) is 3.54. The number of hydrogen-bond donors (Lipinski definition) is 1. The summed E-state index contributed by atoms with van der Waals surface area (Å²) in [5.74, 6) is -2.47. The first-order valence-electron chi connectivity index (χ1n) is 9.82. The molecular weight excluding hydrogens is 428 g/mol. The first-order chi connectivity index (χ1) is 15.3. The molecule has 0 aliphatic carbocycles. The maximum absolute atomic E-state index is 13.1. The summed E-state index contributed by atoms with van der Waals surface area (Å²) in [6, 6.07) is 15.1. The Kier molecular flexibility index (Phi) is 5.63. The lowest BCUT2D eigenvalue weighted by Gasteiger charge is -2.23. The molecule has 2 heterocycles. The van der Waals surface area contributed by atoms with E-state index in [1.165, 1.54) is 12.0 Å². The SMILES string of the molecule is COC(=O)c1sc(N2C(=O)C(=O)C(=C(O)c3ccc(C)cc3)[C@@H]2c2ccccc2)nc1C. The Labute approximate surface area is 188 Å². The molecule has 32 heavy (non-hydrogen) atoms. The van der Waals surface area contributed by atoms with Gasteiger partial charge >= 0.3 is 11.9 Å². The van der Waals surface area contributed by atoms with Gasteiger partial charge in [-0.2, -0.15) is 0 Å². The van der Waals surface area contributed by atoms with Gasteiger partial charge in [0, 0.05) is 5.56 Å². The predicted molar refractivity (Wildman–Crippen MR) is 121 cm³/mol. The van der Waals surface area contributed by atoms with Crippen molar-refractivity contribution in [2.24, 2.45) is 0 Å². The topological polar surface area (TPSA) is 96.8 Å². The van der Waals surface area contributed by atoms with Crippen LogP contribution < -0.4 is 4.90 Å². The number of aromatic nitrogens is 1. The van der Waals surface area contributed by atoms with Gasteiger partial charge in [0.15, 0.2) is 5.13 Å². The standard InChI is InChI=1S/C24H20N2O5S/c1-13-9-11-16(12-10-13)19(27)17-18(15-7-5-4-6-8-15)26(22(29)20(17)28)24-25-14(2)21(32-24)23(30)31-3/h4-12,18,27H,1-3H3/t18-/m0/s1. The van der Waals surface area contributed by atoms with E-state index in [1.54, 1.807) is 43.3 Å². The van der Waals surface area contributed by atoms with Gasteiger partial charge in [-0.3, -0.25) is 14.5 Å². The van der Waals surface area contributed by atoms with Gasteiger partial charge in [-0.15, -0.1) is 0 Å². The van der Waals surface area contributed by atoms with Crippen molar-refractivity contribution in [3.63, 3.8) is 0 Å². The second-order valence-corrected chi connectivity index (χ2v) is 8.33. The van der Waals surface area contributed by atoms with Crippen LogP contribution in [0.15, 0.2) is 60.2 Å². The molecule has 8 heteroatoms. The smallest absolute Gasteiger partial charge is 0.350 e. The molecule has 4 rings (SSSR count). The van der Waals surface area contributed by atoms with E-state index in [0.29, 0.717) is 16.8 Å². The highest BCUT2D eigenvalue weighted by atomic mass is 32.1. The average Bonchev–Trinajstić information content (AvgIpc) is 3.31. The first kappa shape index (κ1) is 21.5. The van der Waals surface area contributed by atoms with E-state index >= 15 is 0 Å². The molecule has 1 amide bonds. The van der Waals surface area contributed by atoms with Crippen LogP contribution >= 0.6 is 11.3 Å². The van der Waals surface area contributed by atoms with Crippen LogP contribution in [0.2, 0.25) is 0 Å². The van der Waals surface area contributed by atoms with Gasteiger partial charge in [-0.1, -0.05) is 71.5 Å². The van der Waals surface area contributed by atoms with Gasteiger partial charge in [-0.25, -0.2) is 9.78 Å². The molecule has 0 spiro atoms. The minimum atomic E-state index is -0.895. The van der Waals surface area contributed by atoms with Gasteiger partial charge in [0.1, 0.15) is 10.6 Å². The van der Waals surface area contributed by atoms with Gasteiger partial charge in [0.2, 0.25) is 0 Å². The number of hydrogen-bond acceptors (Lipinski definition) is 7. The number of aryl methyl sites for hydroxylation is 2. The highest BCUT2D eigenvalue weighted by molar-refractivity contribution is 7.17. The highest BCUT2D eigenvalue weighted by Crippen LogP contribution is 2.43. The number of carbonyl (C=O) groups is 3. The molecular formula is C24H20N2O5S. The van der Waals surface area contributed by atoms with Crippen molar-refractivity contribution < 1.29 is 24.2 Å². The molecule has 0 unspecified atom stereocenters. The molecule has 0 saturated carbocycles. The van der Waals surface area contributed by atoms with Gasteiger partial charge in [-0.05, 0) is 19.4 Å². The number of ketones is 1. The third-order valence-electron chi connectivity index (χ3n) is 5.25. The molecule has 7 nitrogen and oxygen atoms in total. The molecule has 162 valence electrons. The predicted octanol–water partition coefficient (Wildman–Crippen LogP) is 4.17. The van der Waals surface area contributed by atoms with E-state index in [4.69, 9.17) is 4.74 Å². The molecule has 1 atom stereocenters. The third kappa shape index (κ3) is 3.58. The summed E-state index contributed by atoms with van der Waals surface area (Å²) < 4.78 is 4.79. The molecule has 1 N–H and O–H groups in total. The number of aliphatic hydroxyl groups is 1. The lowest BCUT2D eigenvalue weighted by Crippen LogP contribution is -2.29. The molecule has 2 aromatic carbocycles. The van der Waals surface area contributed by atoms with Crippen molar-refractivity contribution in [3.05, 3.63) is 87.4 Å². The van der Waals surface area contributed by atoms with Gasteiger partial charge < -0.3 is 9.84 Å². The number of Topliss-reactive ketones (excluding diaryl/α,β-unsaturated/α-hetero) is 1. The van der Waals surface area contributed by atoms with Gasteiger partial charge in [0.25, 0.3) is 5.78 Å². The number of amides is 1. The highest BCUT2D eigenvalue weighted by Gasteiger charge is 2.48. The number of nitrogens with zero attached hydrogens (tertiary/aromatic N) is 2. The molecule has 1 aliphatic rings. The summed E-state index contributed by atoms with van der Waals surface area (Å²) in [7, 11) is 1.26. The van der Waals surface area contributed by atoms with Crippen LogP contribution in [0.5, 0.6) is 0 Å². The van der Waals surface area contributed by atoms with Crippen LogP contribution in [0.3, 0.4) is 0 Å². The monoisotopic (exact) mass is 448 g/mol. The Morgan fingerprint density at radius 1 is 1.06 bits per heavy atom. The number of esters is 1. The Morgan fingerprint density at radius 2 is 1.72 bits per heavy atom. The van der Waals surface area contributed by atoms with Crippen molar-refractivity contribution in [2.75, 3.05) is 12.0 Å². The lowest BCUT2D eigenvalue weighted by molar-refractivity contribution is -0.132. The number of rotatable bonds is 4. The lowest BCUT2D eigenvalue weighted by atomic mass is 9.95. The quantitative estimate of drug-likeness (QED) is 0.278.